The summed E-state index contributed by atoms with van der Waals surface area (Å²) in [7, 11) is 0. The highest BCUT2D eigenvalue weighted by Crippen LogP contribution is 2.32. The Bertz CT molecular complexity index is 664. The van der Waals surface area contributed by atoms with Crippen LogP contribution in [-0.2, 0) is 6.18 Å². The highest BCUT2D eigenvalue weighted by molar-refractivity contribution is 6.32. The molecule has 8 heteroatoms. The van der Waals surface area contributed by atoms with Gasteiger partial charge in [0, 0.05) is 18.3 Å². The Balaban J connectivity index is 2.07. The second-order valence-corrected chi connectivity index (χ2v) is 4.88. The van der Waals surface area contributed by atoms with Crippen LogP contribution in [0.1, 0.15) is 17.2 Å². The van der Waals surface area contributed by atoms with Gasteiger partial charge in [-0.2, -0.15) is 13.2 Å². The Morgan fingerprint density at radius 2 is 1.95 bits per heavy atom. The number of aliphatic hydroxyl groups excluding tert-OH is 1. The second kappa shape index (κ2) is 6.50. The van der Waals surface area contributed by atoms with Gasteiger partial charge in [-0.25, -0.2) is 9.37 Å². The first kappa shape index (κ1) is 16.5. The molecular formula is C14H11ClF4N2O. The highest BCUT2D eigenvalue weighted by Gasteiger charge is 2.31. The third-order valence-electron chi connectivity index (χ3n) is 2.90. The smallest absolute Gasteiger partial charge is 0.386 e. The average molecular weight is 335 g/mol. The molecule has 0 bridgehead atoms. The van der Waals surface area contributed by atoms with Crippen molar-refractivity contribution in [2.45, 2.75) is 12.3 Å². The van der Waals surface area contributed by atoms with Crippen molar-refractivity contribution < 1.29 is 22.7 Å². The van der Waals surface area contributed by atoms with E-state index in [1.54, 1.807) is 6.07 Å². The van der Waals surface area contributed by atoms with Crippen molar-refractivity contribution in [1.29, 1.82) is 0 Å². The van der Waals surface area contributed by atoms with E-state index >= 15 is 0 Å². The van der Waals surface area contributed by atoms with Gasteiger partial charge >= 0.3 is 6.18 Å². The minimum Gasteiger partial charge on any atom is -0.386 e. The molecule has 1 heterocycles. The van der Waals surface area contributed by atoms with Gasteiger partial charge in [0.25, 0.3) is 0 Å². The molecule has 0 aliphatic carbocycles. The summed E-state index contributed by atoms with van der Waals surface area (Å²) in [5, 5.41) is 12.2. The van der Waals surface area contributed by atoms with Crippen molar-refractivity contribution in [1.82, 2.24) is 4.98 Å². The SMILES string of the molecule is O[C@@H](CNc1ncc(C(F)(F)F)cc1Cl)c1ccccc1F. The molecule has 2 rings (SSSR count). The van der Waals surface area contributed by atoms with Crippen LogP contribution in [0, 0.1) is 5.82 Å². The van der Waals surface area contributed by atoms with Crippen molar-refractivity contribution in [2.24, 2.45) is 0 Å². The summed E-state index contributed by atoms with van der Waals surface area (Å²) in [5.74, 6) is -0.603. The maximum absolute atomic E-state index is 13.5. The zero-order valence-electron chi connectivity index (χ0n) is 11.0. The number of nitrogens with zero attached hydrogens (tertiary/aromatic N) is 1. The lowest BCUT2D eigenvalue weighted by Crippen LogP contribution is -2.15. The van der Waals surface area contributed by atoms with Gasteiger partial charge in [0.05, 0.1) is 16.7 Å². The molecule has 0 saturated heterocycles. The minimum atomic E-state index is -4.54. The summed E-state index contributed by atoms with van der Waals surface area (Å²) < 4.78 is 50.9. The summed E-state index contributed by atoms with van der Waals surface area (Å²) in [6.07, 6.45) is -5.10. The van der Waals surface area contributed by atoms with Gasteiger partial charge in [-0.15, -0.1) is 0 Å². The molecule has 1 aromatic heterocycles. The highest BCUT2D eigenvalue weighted by atomic mass is 35.5. The fourth-order valence-electron chi connectivity index (χ4n) is 1.77. The quantitative estimate of drug-likeness (QED) is 0.830. The van der Waals surface area contributed by atoms with Gasteiger partial charge in [0.2, 0.25) is 0 Å². The second-order valence-electron chi connectivity index (χ2n) is 4.47. The number of nitrogens with one attached hydrogen (secondary N) is 1. The molecule has 3 nitrogen and oxygen atoms in total. The van der Waals surface area contributed by atoms with Crippen LogP contribution >= 0.6 is 11.6 Å². The third kappa shape index (κ3) is 3.86. The minimum absolute atomic E-state index is 0.0231. The molecule has 0 aliphatic heterocycles. The number of aliphatic hydroxyl groups is 1. The molecule has 1 aromatic carbocycles. The first-order valence-electron chi connectivity index (χ1n) is 6.18. The van der Waals surface area contributed by atoms with Crippen molar-refractivity contribution >= 4 is 17.4 Å². The average Bonchev–Trinajstić information content (AvgIpc) is 2.45. The maximum Gasteiger partial charge on any atom is 0.417 e. The molecule has 2 aromatic rings. The molecule has 0 radical (unpaired) electrons. The number of anilines is 1. The molecule has 0 fully saturated rings. The Morgan fingerprint density at radius 3 is 2.55 bits per heavy atom. The van der Waals surface area contributed by atoms with E-state index < -0.39 is 23.7 Å². The van der Waals surface area contributed by atoms with Crippen molar-refractivity contribution in [2.75, 3.05) is 11.9 Å². The summed E-state index contributed by atoms with van der Waals surface area (Å²) in [6.45, 7) is -0.154. The van der Waals surface area contributed by atoms with Gasteiger partial charge in [0.1, 0.15) is 11.6 Å². The van der Waals surface area contributed by atoms with Gasteiger partial charge in [0.15, 0.2) is 0 Å². The molecule has 2 N–H and O–H groups in total. The summed E-state index contributed by atoms with van der Waals surface area (Å²) in [5.41, 5.74) is -0.907. The first-order valence-corrected chi connectivity index (χ1v) is 6.56. The topological polar surface area (TPSA) is 45.1 Å². The lowest BCUT2D eigenvalue weighted by Gasteiger charge is -2.15. The van der Waals surface area contributed by atoms with Crippen molar-refractivity contribution in [3.05, 3.63) is 58.5 Å². The van der Waals surface area contributed by atoms with E-state index in [2.05, 4.69) is 10.3 Å². The zero-order chi connectivity index (χ0) is 16.3. The van der Waals surface area contributed by atoms with Gasteiger partial charge in [-0.3, -0.25) is 0 Å². The van der Waals surface area contributed by atoms with E-state index in [1.807, 2.05) is 0 Å². The summed E-state index contributed by atoms with van der Waals surface area (Å²) in [4.78, 5) is 3.56. The predicted octanol–water partition coefficient (Wildman–Crippen LogP) is 4.04. The number of hydrogen-bond acceptors (Lipinski definition) is 3. The molecule has 118 valence electrons. The van der Waals surface area contributed by atoms with E-state index in [1.165, 1.54) is 18.2 Å². The van der Waals surface area contributed by atoms with Gasteiger partial charge in [-0.1, -0.05) is 29.8 Å². The van der Waals surface area contributed by atoms with Crippen molar-refractivity contribution in [3.8, 4) is 0 Å². The van der Waals surface area contributed by atoms with E-state index in [4.69, 9.17) is 11.6 Å². The monoisotopic (exact) mass is 334 g/mol. The molecule has 22 heavy (non-hydrogen) atoms. The number of hydrogen-bond donors (Lipinski definition) is 2. The summed E-state index contributed by atoms with van der Waals surface area (Å²) in [6, 6.07) is 6.37. The number of rotatable bonds is 4. The third-order valence-corrected chi connectivity index (χ3v) is 3.18. The number of benzene rings is 1. The lowest BCUT2D eigenvalue weighted by molar-refractivity contribution is -0.137. The Morgan fingerprint density at radius 1 is 1.27 bits per heavy atom. The zero-order valence-corrected chi connectivity index (χ0v) is 11.8. The van der Waals surface area contributed by atoms with E-state index in [0.717, 1.165) is 6.07 Å². The summed E-state index contributed by atoms with van der Waals surface area (Å²) >= 11 is 5.72. The Labute approximate surface area is 128 Å². The fourth-order valence-corrected chi connectivity index (χ4v) is 2.00. The number of halogens is 5. The van der Waals surface area contributed by atoms with Crippen molar-refractivity contribution in [3.63, 3.8) is 0 Å². The van der Waals surface area contributed by atoms with Crippen LogP contribution in [-0.4, -0.2) is 16.6 Å². The van der Waals surface area contributed by atoms with E-state index in [9.17, 15) is 22.7 Å². The Kier molecular flexibility index (Phi) is 4.87. The van der Waals surface area contributed by atoms with Crippen LogP contribution in [0.15, 0.2) is 36.5 Å². The van der Waals surface area contributed by atoms with Gasteiger partial charge in [-0.05, 0) is 12.1 Å². The number of pyridine rings is 1. The molecular weight excluding hydrogens is 324 g/mol. The number of aromatic nitrogens is 1. The van der Waals surface area contributed by atoms with Crippen LogP contribution in [0.2, 0.25) is 5.02 Å². The van der Waals surface area contributed by atoms with E-state index in [-0.39, 0.29) is 22.9 Å². The van der Waals surface area contributed by atoms with Crippen LogP contribution in [0.4, 0.5) is 23.4 Å². The van der Waals surface area contributed by atoms with E-state index in [0.29, 0.717) is 6.20 Å². The molecule has 0 unspecified atom stereocenters. The molecule has 0 spiro atoms. The largest absolute Gasteiger partial charge is 0.417 e. The van der Waals surface area contributed by atoms with Crippen LogP contribution in [0.25, 0.3) is 0 Å². The van der Waals surface area contributed by atoms with Crippen LogP contribution in [0.3, 0.4) is 0 Å². The standard InChI is InChI=1S/C14H11ClF4N2O/c15-10-5-8(14(17,18)19)6-20-13(10)21-7-12(22)9-3-1-2-4-11(9)16/h1-6,12,22H,7H2,(H,20,21)/t12-/m0/s1. The molecule has 0 saturated carbocycles. The molecule has 0 aliphatic rings. The normalized spacial score (nSPS) is 13.0. The first-order chi connectivity index (χ1) is 10.3. The maximum atomic E-state index is 13.5. The molecule has 1 atom stereocenters. The lowest BCUT2D eigenvalue weighted by atomic mass is 10.1. The number of alkyl halides is 3. The van der Waals surface area contributed by atoms with Crippen LogP contribution < -0.4 is 5.32 Å². The fraction of sp³-hybridized carbons (Fsp3) is 0.214. The predicted molar refractivity (Wildman–Crippen MR) is 74.1 cm³/mol. The van der Waals surface area contributed by atoms with Gasteiger partial charge < -0.3 is 10.4 Å². The Hall–Kier alpha value is -1.86. The van der Waals surface area contributed by atoms with Crippen LogP contribution in [0.5, 0.6) is 0 Å². The molecule has 0 amide bonds.